The highest BCUT2D eigenvalue weighted by molar-refractivity contribution is 7.89. The van der Waals surface area contributed by atoms with E-state index in [0.29, 0.717) is 21.5 Å². The second-order valence-corrected chi connectivity index (χ2v) is 13.1. The van der Waals surface area contributed by atoms with Gasteiger partial charge in [-0.3, -0.25) is 9.78 Å². The zero-order chi connectivity index (χ0) is 27.8. The number of carbonyl (C=O) groups excluding carboxylic acids is 1. The van der Waals surface area contributed by atoms with Crippen molar-refractivity contribution < 1.29 is 21.6 Å². The molecule has 5 rings (SSSR count). The normalized spacial score (nSPS) is 17.0. The topological polar surface area (TPSA) is 172 Å². The summed E-state index contributed by atoms with van der Waals surface area (Å²) >= 11 is 6.03. The minimum Gasteiger partial charge on any atom is -0.345 e. The van der Waals surface area contributed by atoms with E-state index in [2.05, 4.69) is 19.9 Å². The van der Waals surface area contributed by atoms with E-state index in [1.54, 1.807) is 42.7 Å². The average molecular weight is 590 g/mol. The van der Waals surface area contributed by atoms with E-state index in [9.17, 15) is 21.6 Å². The minimum absolute atomic E-state index is 0.00876. The second-order valence-electron chi connectivity index (χ2n) is 9.07. The van der Waals surface area contributed by atoms with Crippen molar-refractivity contribution in [1.29, 1.82) is 0 Å². The Balaban J connectivity index is 1.39. The number of hydrogen-bond acceptors (Lipinski definition) is 8. The summed E-state index contributed by atoms with van der Waals surface area (Å²) in [5.74, 6) is -1.05. The first kappa shape index (κ1) is 27.1. The van der Waals surface area contributed by atoms with Gasteiger partial charge >= 0.3 is 0 Å². The van der Waals surface area contributed by atoms with Gasteiger partial charge in [-0.1, -0.05) is 11.6 Å². The van der Waals surface area contributed by atoms with Crippen molar-refractivity contribution in [3.8, 4) is 11.1 Å². The van der Waals surface area contributed by atoms with Crippen LogP contribution in [0.4, 0.5) is 0 Å². The third-order valence-electron chi connectivity index (χ3n) is 6.47. The number of amides is 1. The molecule has 4 aromatic rings. The van der Waals surface area contributed by atoms with E-state index in [-0.39, 0.29) is 36.9 Å². The molecule has 4 heterocycles. The third kappa shape index (κ3) is 5.94. The van der Waals surface area contributed by atoms with E-state index in [1.165, 1.54) is 27.7 Å². The predicted molar refractivity (Wildman–Crippen MR) is 145 cm³/mol. The Morgan fingerprint density at radius 2 is 1.74 bits per heavy atom. The lowest BCUT2D eigenvalue weighted by Crippen LogP contribution is -2.57. The van der Waals surface area contributed by atoms with Gasteiger partial charge in [0.1, 0.15) is 5.03 Å². The summed E-state index contributed by atoms with van der Waals surface area (Å²) in [5, 5.41) is 6.29. The smallest absolute Gasteiger partial charge is 0.291 e. The highest BCUT2D eigenvalue weighted by atomic mass is 35.5. The predicted octanol–water partition coefficient (Wildman–Crippen LogP) is 1.87. The number of aromatic amines is 1. The molecule has 1 amide bonds. The summed E-state index contributed by atoms with van der Waals surface area (Å²) in [6.45, 7) is -0.130. The van der Waals surface area contributed by atoms with E-state index in [1.807, 2.05) is 0 Å². The number of rotatable bonds is 7. The van der Waals surface area contributed by atoms with Crippen LogP contribution in [0.2, 0.25) is 5.02 Å². The molecule has 1 atom stereocenters. The number of H-pyrrole nitrogens is 1. The highest BCUT2D eigenvalue weighted by Crippen LogP contribution is 2.27. The molecule has 3 N–H and O–H groups in total. The molecule has 1 fully saturated rings. The molecule has 204 valence electrons. The first-order chi connectivity index (χ1) is 18.5. The van der Waals surface area contributed by atoms with Crippen molar-refractivity contribution in [2.24, 2.45) is 5.14 Å². The van der Waals surface area contributed by atoms with Crippen molar-refractivity contribution in [2.75, 3.05) is 25.4 Å². The monoisotopic (exact) mass is 589 g/mol. The van der Waals surface area contributed by atoms with Crippen molar-refractivity contribution in [3.05, 3.63) is 72.0 Å². The Bertz CT molecular complexity index is 1730. The van der Waals surface area contributed by atoms with Gasteiger partial charge in [0.15, 0.2) is 0 Å². The van der Waals surface area contributed by atoms with Gasteiger partial charge in [-0.25, -0.2) is 31.9 Å². The number of primary sulfonamides is 1. The number of halogens is 1. The standard InChI is InChI=1S/C24H24ClN7O5S2/c25-19-1-2-21-17(11-19)12-22(30-21)39(36,37)31-8-9-32(20(15-31)5-10-38(26,34)35)24(33)23-28-13-18(14-29-23)16-3-6-27-7-4-16/h1-4,6-7,11-14,20,30H,5,8-10,15H2,(H2,26,34,35). The van der Waals surface area contributed by atoms with E-state index < -0.39 is 37.7 Å². The lowest BCUT2D eigenvalue weighted by Gasteiger charge is -2.40. The molecule has 0 bridgehead atoms. The summed E-state index contributed by atoms with van der Waals surface area (Å²) in [7, 11) is -7.85. The fraction of sp³-hybridized carbons (Fsp3) is 0.250. The van der Waals surface area contributed by atoms with E-state index >= 15 is 0 Å². The molecule has 1 aromatic carbocycles. The van der Waals surface area contributed by atoms with Crippen LogP contribution in [0.15, 0.2) is 66.2 Å². The summed E-state index contributed by atoms with van der Waals surface area (Å²) in [6, 6.07) is 9.26. The molecule has 39 heavy (non-hydrogen) atoms. The van der Waals surface area contributed by atoms with Crippen LogP contribution in [0.1, 0.15) is 17.0 Å². The van der Waals surface area contributed by atoms with Gasteiger partial charge in [-0.15, -0.1) is 0 Å². The molecule has 0 aliphatic carbocycles. The molecule has 0 saturated carbocycles. The molecule has 0 radical (unpaired) electrons. The minimum atomic E-state index is -3.99. The molecule has 1 unspecified atom stereocenters. The van der Waals surface area contributed by atoms with Crippen LogP contribution in [0, 0.1) is 0 Å². The fourth-order valence-electron chi connectivity index (χ4n) is 4.48. The van der Waals surface area contributed by atoms with Crippen LogP contribution in [-0.2, 0) is 20.0 Å². The number of benzene rings is 1. The summed E-state index contributed by atoms with van der Waals surface area (Å²) in [5.41, 5.74) is 2.12. The first-order valence-electron chi connectivity index (χ1n) is 11.8. The number of hydrogen-bond donors (Lipinski definition) is 2. The van der Waals surface area contributed by atoms with Gasteiger partial charge in [-0.2, -0.15) is 4.31 Å². The maximum atomic E-state index is 13.5. The maximum absolute atomic E-state index is 13.5. The average Bonchev–Trinajstić information content (AvgIpc) is 3.36. The summed E-state index contributed by atoms with van der Waals surface area (Å²) in [4.78, 5) is 30.1. The van der Waals surface area contributed by atoms with Crippen molar-refractivity contribution in [2.45, 2.75) is 17.5 Å². The number of nitrogens with two attached hydrogens (primary N) is 1. The maximum Gasteiger partial charge on any atom is 0.291 e. The lowest BCUT2D eigenvalue weighted by atomic mass is 10.1. The number of nitrogens with zero attached hydrogens (tertiary/aromatic N) is 5. The number of sulfonamides is 2. The van der Waals surface area contributed by atoms with E-state index in [0.717, 1.165) is 5.56 Å². The highest BCUT2D eigenvalue weighted by Gasteiger charge is 2.38. The van der Waals surface area contributed by atoms with Crippen LogP contribution in [0.25, 0.3) is 22.0 Å². The lowest BCUT2D eigenvalue weighted by molar-refractivity contribution is 0.0547. The van der Waals surface area contributed by atoms with Gasteiger partial charge in [0.25, 0.3) is 15.9 Å². The van der Waals surface area contributed by atoms with Crippen LogP contribution < -0.4 is 5.14 Å². The number of pyridine rings is 1. The zero-order valence-corrected chi connectivity index (χ0v) is 22.8. The van der Waals surface area contributed by atoms with E-state index in [4.69, 9.17) is 16.7 Å². The fourth-order valence-corrected chi connectivity index (χ4v) is 6.74. The third-order valence-corrected chi connectivity index (χ3v) is 9.30. The molecular formula is C24H24ClN7O5S2. The van der Waals surface area contributed by atoms with Gasteiger partial charge in [0.2, 0.25) is 15.8 Å². The van der Waals surface area contributed by atoms with Crippen LogP contribution in [0.3, 0.4) is 0 Å². The van der Waals surface area contributed by atoms with Gasteiger partial charge in [0.05, 0.1) is 5.75 Å². The quantitative estimate of drug-likeness (QED) is 0.329. The van der Waals surface area contributed by atoms with Crippen LogP contribution >= 0.6 is 11.6 Å². The summed E-state index contributed by atoms with van der Waals surface area (Å²) in [6.07, 6.45) is 6.22. The molecular weight excluding hydrogens is 566 g/mol. The number of carbonyl (C=O) groups is 1. The Hall–Kier alpha value is -3.43. The molecule has 1 aliphatic heterocycles. The van der Waals surface area contributed by atoms with Gasteiger partial charge in [-0.05, 0) is 48.4 Å². The Morgan fingerprint density at radius 3 is 2.44 bits per heavy atom. The number of fused-ring (bicyclic) bond motifs is 1. The summed E-state index contributed by atoms with van der Waals surface area (Å²) < 4.78 is 51.6. The number of piperazine rings is 1. The SMILES string of the molecule is NS(=O)(=O)CCC1CN(S(=O)(=O)c2cc3cc(Cl)ccc3[nH]2)CCN1C(=O)c1ncc(-c2ccncc2)cn1. The largest absolute Gasteiger partial charge is 0.345 e. The van der Waals surface area contributed by atoms with Gasteiger partial charge < -0.3 is 9.88 Å². The molecule has 15 heteroatoms. The first-order valence-corrected chi connectivity index (χ1v) is 15.4. The Kier molecular flexibility index (Phi) is 7.39. The van der Waals surface area contributed by atoms with Gasteiger partial charge in [0, 0.05) is 72.0 Å². The van der Waals surface area contributed by atoms with Crippen molar-refractivity contribution in [3.63, 3.8) is 0 Å². The second kappa shape index (κ2) is 10.6. The van der Waals surface area contributed by atoms with Crippen LogP contribution in [0.5, 0.6) is 0 Å². The zero-order valence-electron chi connectivity index (χ0n) is 20.4. The van der Waals surface area contributed by atoms with Crippen molar-refractivity contribution in [1.82, 2.24) is 29.1 Å². The molecule has 1 saturated heterocycles. The Morgan fingerprint density at radius 1 is 1.03 bits per heavy atom. The molecule has 3 aromatic heterocycles. The Labute approximate surface area is 229 Å². The molecule has 1 aliphatic rings. The van der Waals surface area contributed by atoms with Crippen LogP contribution in [-0.4, -0.2) is 83.3 Å². The molecule has 0 spiro atoms. The van der Waals surface area contributed by atoms with Crippen molar-refractivity contribution >= 4 is 48.5 Å². The molecule has 12 nitrogen and oxygen atoms in total. The number of nitrogens with one attached hydrogen (secondary N) is 1. The number of aromatic nitrogens is 4.